The number of pyridine rings is 2. The molecule has 0 unspecified atom stereocenters. The Balaban J connectivity index is 1.58. The highest BCUT2D eigenvalue weighted by molar-refractivity contribution is 6.29. The fourth-order valence-corrected chi connectivity index (χ4v) is 3.91. The molecule has 1 aromatic carbocycles. The molecular weight excluding hydrogens is 438 g/mol. The van der Waals surface area contributed by atoms with E-state index in [2.05, 4.69) is 22.1 Å². The third-order valence-electron chi connectivity index (χ3n) is 5.32. The molecule has 3 heterocycles. The van der Waals surface area contributed by atoms with Crippen LogP contribution in [0, 0.1) is 6.92 Å². The van der Waals surface area contributed by atoms with Crippen LogP contribution in [0.3, 0.4) is 0 Å². The summed E-state index contributed by atoms with van der Waals surface area (Å²) in [6.07, 6.45) is 2.25. The maximum atomic E-state index is 12.6. The van der Waals surface area contributed by atoms with Crippen molar-refractivity contribution in [3.8, 4) is 17.0 Å². The molecule has 0 radical (unpaired) electrons. The van der Waals surface area contributed by atoms with Gasteiger partial charge in [0.1, 0.15) is 28.8 Å². The molecule has 3 aromatic rings. The van der Waals surface area contributed by atoms with E-state index in [1.54, 1.807) is 17.2 Å². The van der Waals surface area contributed by atoms with Crippen LogP contribution in [0.4, 0.5) is 4.79 Å². The van der Waals surface area contributed by atoms with E-state index >= 15 is 0 Å². The van der Waals surface area contributed by atoms with Crippen LogP contribution >= 0.6 is 11.6 Å². The van der Waals surface area contributed by atoms with E-state index in [9.17, 15) is 4.79 Å². The second-order valence-corrected chi connectivity index (χ2v) is 9.62. The van der Waals surface area contributed by atoms with Crippen LogP contribution in [0.1, 0.15) is 43.2 Å². The zero-order chi connectivity index (χ0) is 23.6. The Hall–Kier alpha value is -3.12. The smallest absolute Gasteiger partial charge is 0.410 e. The lowest BCUT2D eigenvalue weighted by Gasteiger charge is -2.31. The van der Waals surface area contributed by atoms with Crippen molar-refractivity contribution in [3.05, 3.63) is 76.2 Å². The van der Waals surface area contributed by atoms with Gasteiger partial charge in [0.05, 0.1) is 5.69 Å². The molecule has 2 aromatic heterocycles. The zero-order valence-electron chi connectivity index (χ0n) is 19.4. The minimum atomic E-state index is -0.525. The van der Waals surface area contributed by atoms with Gasteiger partial charge in [0.15, 0.2) is 0 Å². The number of benzene rings is 1. The highest BCUT2D eigenvalue weighted by Gasteiger charge is 2.26. The molecule has 0 saturated carbocycles. The summed E-state index contributed by atoms with van der Waals surface area (Å²) in [7, 11) is 0. The molecular formula is C26H28ClN3O3. The first-order chi connectivity index (χ1) is 15.7. The zero-order valence-corrected chi connectivity index (χ0v) is 20.1. The van der Waals surface area contributed by atoms with Crippen LogP contribution in [-0.2, 0) is 24.3 Å². The summed E-state index contributed by atoms with van der Waals surface area (Å²) in [6, 6.07) is 13.7. The molecule has 6 nitrogen and oxygen atoms in total. The fourth-order valence-electron chi connectivity index (χ4n) is 3.76. The predicted octanol–water partition coefficient (Wildman–Crippen LogP) is 5.98. The van der Waals surface area contributed by atoms with E-state index < -0.39 is 5.60 Å². The Bertz CT molecular complexity index is 1170. The standard InChI is InChI=1S/C26H28ClN3O3/c1-17-9-11-28-21(13-17)16-32-22-7-8-23(27)29-24(22)19-6-5-18-10-12-30(15-20(18)14-19)25(31)33-26(2,3)4/h5-9,11,13-14H,10,12,15-16H2,1-4H3. The summed E-state index contributed by atoms with van der Waals surface area (Å²) in [5.74, 6) is 0.627. The van der Waals surface area contributed by atoms with E-state index in [0.717, 1.165) is 28.8 Å². The van der Waals surface area contributed by atoms with Crippen LogP contribution in [0.2, 0.25) is 5.15 Å². The summed E-state index contributed by atoms with van der Waals surface area (Å²) < 4.78 is 11.6. The van der Waals surface area contributed by atoms with Crippen molar-refractivity contribution < 1.29 is 14.3 Å². The molecule has 0 fully saturated rings. The van der Waals surface area contributed by atoms with E-state index in [4.69, 9.17) is 21.1 Å². The average molecular weight is 466 g/mol. The number of amides is 1. The molecule has 0 saturated heterocycles. The Morgan fingerprint density at radius 2 is 1.94 bits per heavy atom. The van der Waals surface area contributed by atoms with E-state index in [1.807, 2.05) is 52.0 Å². The first-order valence-electron chi connectivity index (χ1n) is 11.0. The number of halogens is 1. The predicted molar refractivity (Wildman–Crippen MR) is 128 cm³/mol. The maximum Gasteiger partial charge on any atom is 0.410 e. The lowest BCUT2D eigenvalue weighted by atomic mass is 9.96. The molecule has 0 N–H and O–H groups in total. The van der Waals surface area contributed by atoms with Gasteiger partial charge in [-0.05, 0) is 81.1 Å². The minimum absolute atomic E-state index is 0.297. The Morgan fingerprint density at radius 3 is 2.70 bits per heavy atom. The monoisotopic (exact) mass is 465 g/mol. The van der Waals surface area contributed by atoms with Gasteiger partial charge < -0.3 is 14.4 Å². The summed E-state index contributed by atoms with van der Waals surface area (Å²) >= 11 is 6.23. The maximum absolute atomic E-state index is 12.6. The van der Waals surface area contributed by atoms with Crippen LogP contribution in [-0.4, -0.2) is 33.1 Å². The first kappa shape index (κ1) is 23.1. The Labute approximate surface area is 199 Å². The van der Waals surface area contributed by atoms with Gasteiger partial charge in [-0.3, -0.25) is 4.98 Å². The molecule has 4 rings (SSSR count). The molecule has 1 amide bonds. The Kier molecular flexibility index (Phi) is 6.56. The highest BCUT2D eigenvalue weighted by Crippen LogP contribution is 2.33. The van der Waals surface area contributed by atoms with Crippen molar-refractivity contribution in [2.75, 3.05) is 6.54 Å². The van der Waals surface area contributed by atoms with Crippen LogP contribution in [0.15, 0.2) is 48.7 Å². The molecule has 7 heteroatoms. The number of aromatic nitrogens is 2. The van der Waals surface area contributed by atoms with Crippen LogP contribution < -0.4 is 4.74 Å². The topological polar surface area (TPSA) is 64.6 Å². The van der Waals surface area contributed by atoms with Crippen molar-refractivity contribution in [1.82, 2.24) is 14.9 Å². The molecule has 0 bridgehead atoms. The summed E-state index contributed by atoms with van der Waals surface area (Å²) in [5, 5.41) is 0.388. The first-order valence-corrected chi connectivity index (χ1v) is 11.4. The number of aryl methyl sites for hydroxylation is 1. The number of carbonyl (C=O) groups is 1. The quantitative estimate of drug-likeness (QED) is 0.443. The largest absolute Gasteiger partial charge is 0.485 e. The third-order valence-corrected chi connectivity index (χ3v) is 5.53. The average Bonchev–Trinajstić information content (AvgIpc) is 2.76. The second-order valence-electron chi connectivity index (χ2n) is 9.23. The molecule has 0 atom stereocenters. The van der Waals surface area contributed by atoms with Crippen molar-refractivity contribution in [2.45, 2.75) is 52.9 Å². The second kappa shape index (κ2) is 9.40. The van der Waals surface area contributed by atoms with E-state index in [-0.39, 0.29) is 6.09 Å². The van der Waals surface area contributed by atoms with Crippen molar-refractivity contribution in [2.24, 2.45) is 0 Å². The van der Waals surface area contributed by atoms with Crippen LogP contribution in [0.25, 0.3) is 11.3 Å². The van der Waals surface area contributed by atoms with Crippen LogP contribution in [0.5, 0.6) is 5.75 Å². The molecule has 0 spiro atoms. The molecule has 0 aliphatic carbocycles. The summed E-state index contributed by atoms with van der Waals surface area (Å²) in [6.45, 7) is 9.10. The summed E-state index contributed by atoms with van der Waals surface area (Å²) in [4.78, 5) is 23.2. The number of nitrogens with zero attached hydrogens (tertiary/aromatic N) is 3. The van der Waals surface area contributed by atoms with Gasteiger partial charge in [-0.15, -0.1) is 0 Å². The van der Waals surface area contributed by atoms with Gasteiger partial charge in [0, 0.05) is 24.8 Å². The molecule has 172 valence electrons. The normalized spacial score (nSPS) is 13.4. The molecule has 33 heavy (non-hydrogen) atoms. The van der Waals surface area contributed by atoms with Gasteiger partial charge in [0.2, 0.25) is 0 Å². The number of hydrogen-bond acceptors (Lipinski definition) is 5. The number of fused-ring (bicyclic) bond motifs is 1. The van der Waals surface area contributed by atoms with Gasteiger partial charge >= 0.3 is 6.09 Å². The van der Waals surface area contributed by atoms with E-state index in [1.165, 1.54) is 5.56 Å². The molecule has 1 aliphatic heterocycles. The highest BCUT2D eigenvalue weighted by atomic mass is 35.5. The minimum Gasteiger partial charge on any atom is -0.485 e. The lowest BCUT2D eigenvalue weighted by Crippen LogP contribution is -2.39. The lowest BCUT2D eigenvalue weighted by molar-refractivity contribution is 0.0224. The third kappa shape index (κ3) is 5.82. The number of carbonyl (C=O) groups excluding carboxylic acids is 1. The van der Waals surface area contributed by atoms with Crippen molar-refractivity contribution >= 4 is 17.7 Å². The van der Waals surface area contributed by atoms with Gasteiger partial charge in [-0.25, -0.2) is 9.78 Å². The number of rotatable bonds is 4. The van der Waals surface area contributed by atoms with Crippen molar-refractivity contribution in [3.63, 3.8) is 0 Å². The van der Waals surface area contributed by atoms with Gasteiger partial charge in [0.25, 0.3) is 0 Å². The van der Waals surface area contributed by atoms with Gasteiger partial charge in [-0.1, -0.05) is 23.7 Å². The number of hydrogen-bond donors (Lipinski definition) is 0. The SMILES string of the molecule is Cc1ccnc(COc2ccc(Cl)nc2-c2ccc3c(c2)CN(C(=O)OC(C)(C)C)CC3)c1. The Morgan fingerprint density at radius 1 is 1.12 bits per heavy atom. The van der Waals surface area contributed by atoms with E-state index in [0.29, 0.717) is 36.3 Å². The summed E-state index contributed by atoms with van der Waals surface area (Å²) in [5.41, 5.74) is 5.27. The molecule has 1 aliphatic rings. The number of ether oxygens (including phenoxy) is 2. The van der Waals surface area contributed by atoms with Gasteiger partial charge in [-0.2, -0.15) is 0 Å². The fraction of sp³-hybridized carbons (Fsp3) is 0.346. The van der Waals surface area contributed by atoms with Crippen molar-refractivity contribution in [1.29, 1.82) is 0 Å².